The Morgan fingerprint density at radius 3 is 2.32 bits per heavy atom. The summed E-state index contributed by atoms with van der Waals surface area (Å²) in [5.74, 6) is 0.304. The average molecular weight is 249 g/mol. The number of phenols is 1. The summed E-state index contributed by atoms with van der Waals surface area (Å²) in [5.41, 5.74) is 9.17. The first-order valence-electron chi connectivity index (χ1n) is 6.30. The van der Waals surface area contributed by atoms with E-state index in [1.807, 2.05) is 42.5 Å². The van der Waals surface area contributed by atoms with Gasteiger partial charge in [0.05, 0.1) is 0 Å². The zero-order chi connectivity index (χ0) is 13.2. The number of aromatic hydroxyl groups is 1. The minimum atomic E-state index is 0.304. The standard InChI is InChI=1S/C17H15NO/c18-11-13-9-10-14-15(7-4-8-16(14)19)17(13)12-5-2-1-3-6-12/h1-10,19H,11,18H2. The zero-order valence-electron chi connectivity index (χ0n) is 10.5. The van der Waals surface area contributed by atoms with E-state index >= 15 is 0 Å². The van der Waals surface area contributed by atoms with Gasteiger partial charge in [0.2, 0.25) is 0 Å². The number of rotatable bonds is 2. The summed E-state index contributed by atoms with van der Waals surface area (Å²) in [7, 11) is 0. The summed E-state index contributed by atoms with van der Waals surface area (Å²) in [6.45, 7) is 0.482. The van der Waals surface area contributed by atoms with E-state index in [0.717, 1.165) is 27.5 Å². The highest BCUT2D eigenvalue weighted by molar-refractivity contribution is 6.01. The van der Waals surface area contributed by atoms with Gasteiger partial charge in [-0.1, -0.05) is 54.6 Å². The molecule has 0 atom stereocenters. The van der Waals surface area contributed by atoms with E-state index in [4.69, 9.17) is 5.73 Å². The monoisotopic (exact) mass is 249 g/mol. The second-order valence-electron chi connectivity index (χ2n) is 4.54. The summed E-state index contributed by atoms with van der Waals surface area (Å²) in [6.07, 6.45) is 0. The second kappa shape index (κ2) is 4.75. The molecule has 0 unspecified atom stereocenters. The van der Waals surface area contributed by atoms with Crippen LogP contribution in [0.2, 0.25) is 0 Å². The molecule has 0 saturated heterocycles. The fraction of sp³-hybridized carbons (Fsp3) is 0.0588. The lowest BCUT2D eigenvalue weighted by Gasteiger charge is -2.13. The highest BCUT2D eigenvalue weighted by Gasteiger charge is 2.10. The highest BCUT2D eigenvalue weighted by atomic mass is 16.3. The molecule has 2 heteroatoms. The number of benzene rings is 3. The van der Waals surface area contributed by atoms with Crippen molar-refractivity contribution in [3.63, 3.8) is 0 Å². The molecule has 0 aliphatic rings. The Balaban J connectivity index is 2.41. The van der Waals surface area contributed by atoms with Crippen molar-refractivity contribution in [2.75, 3.05) is 0 Å². The molecule has 3 N–H and O–H groups in total. The lowest BCUT2D eigenvalue weighted by atomic mass is 9.93. The van der Waals surface area contributed by atoms with Crippen LogP contribution in [0.5, 0.6) is 5.75 Å². The molecule has 3 aromatic carbocycles. The van der Waals surface area contributed by atoms with Crippen LogP contribution in [0.3, 0.4) is 0 Å². The van der Waals surface area contributed by atoms with Crippen molar-refractivity contribution < 1.29 is 5.11 Å². The molecular formula is C17H15NO. The summed E-state index contributed by atoms with van der Waals surface area (Å²) in [5, 5.41) is 11.9. The first kappa shape index (κ1) is 11.8. The molecule has 3 aromatic rings. The summed E-state index contributed by atoms with van der Waals surface area (Å²) >= 11 is 0. The fourth-order valence-electron chi connectivity index (χ4n) is 2.50. The molecule has 94 valence electrons. The second-order valence-corrected chi connectivity index (χ2v) is 4.54. The van der Waals surface area contributed by atoms with Crippen molar-refractivity contribution in [2.24, 2.45) is 5.73 Å². The predicted molar refractivity (Wildman–Crippen MR) is 78.9 cm³/mol. The van der Waals surface area contributed by atoms with Crippen molar-refractivity contribution in [1.82, 2.24) is 0 Å². The van der Waals surface area contributed by atoms with Gasteiger partial charge in [-0.15, -0.1) is 0 Å². The molecule has 0 aliphatic heterocycles. The van der Waals surface area contributed by atoms with E-state index in [0.29, 0.717) is 12.3 Å². The maximum absolute atomic E-state index is 9.97. The third-order valence-electron chi connectivity index (χ3n) is 3.41. The van der Waals surface area contributed by atoms with Crippen LogP contribution < -0.4 is 5.73 Å². The van der Waals surface area contributed by atoms with Gasteiger partial charge in [-0.3, -0.25) is 0 Å². The minimum Gasteiger partial charge on any atom is -0.507 e. The van der Waals surface area contributed by atoms with Gasteiger partial charge in [0, 0.05) is 11.9 Å². The zero-order valence-corrected chi connectivity index (χ0v) is 10.5. The van der Waals surface area contributed by atoms with Gasteiger partial charge in [0.25, 0.3) is 0 Å². The normalized spacial score (nSPS) is 10.8. The van der Waals surface area contributed by atoms with Crippen molar-refractivity contribution >= 4 is 10.8 Å². The number of nitrogens with two attached hydrogens (primary N) is 1. The molecule has 0 aliphatic carbocycles. The maximum atomic E-state index is 9.97. The van der Waals surface area contributed by atoms with Crippen molar-refractivity contribution in [3.8, 4) is 16.9 Å². The SMILES string of the molecule is NCc1ccc2c(O)cccc2c1-c1ccccc1. The maximum Gasteiger partial charge on any atom is 0.123 e. The molecule has 2 nitrogen and oxygen atoms in total. The van der Waals surface area contributed by atoms with Crippen LogP contribution in [0, 0.1) is 0 Å². The van der Waals surface area contributed by atoms with E-state index in [1.54, 1.807) is 6.07 Å². The van der Waals surface area contributed by atoms with Crippen LogP contribution in [0.4, 0.5) is 0 Å². The summed E-state index contributed by atoms with van der Waals surface area (Å²) < 4.78 is 0. The summed E-state index contributed by atoms with van der Waals surface area (Å²) in [4.78, 5) is 0. The van der Waals surface area contributed by atoms with Crippen LogP contribution in [-0.4, -0.2) is 5.11 Å². The van der Waals surface area contributed by atoms with Crippen molar-refractivity contribution in [2.45, 2.75) is 6.54 Å². The number of phenolic OH excluding ortho intramolecular Hbond substituents is 1. The van der Waals surface area contributed by atoms with E-state index in [-0.39, 0.29) is 0 Å². The Labute approximate surface area is 112 Å². The van der Waals surface area contributed by atoms with Crippen LogP contribution in [0.1, 0.15) is 5.56 Å². The topological polar surface area (TPSA) is 46.2 Å². The Hall–Kier alpha value is -2.32. The van der Waals surface area contributed by atoms with E-state index in [2.05, 4.69) is 12.1 Å². The van der Waals surface area contributed by atoms with E-state index in [1.165, 1.54) is 0 Å². The van der Waals surface area contributed by atoms with Gasteiger partial charge in [0.1, 0.15) is 5.75 Å². The Kier molecular flexibility index (Phi) is 2.94. The molecule has 0 fully saturated rings. The van der Waals surface area contributed by atoms with Crippen LogP contribution >= 0.6 is 0 Å². The largest absolute Gasteiger partial charge is 0.507 e. The fourth-order valence-corrected chi connectivity index (χ4v) is 2.50. The molecule has 0 spiro atoms. The van der Waals surface area contributed by atoms with Crippen LogP contribution in [-0.2, 0) is 6.54 Å². The molecule has 3 rings (SSSR count). The summed E-state index contributed by atoms with van der Waals surface area (Å²) in [6, 6.07) is 19.7. The third kappa shape index (κ3) is 1.96. The van der Waals surface area contributed by atoms with Crippen molar-refractivity contribution in [1.29, 1.82) is 0 Å². The Bertz CT molecular complexity index is 720. The first-order chi connectivity index (χ1) is 9.31. The third-order valence-corrected chi connectivity index (χ3v) is 3.41. The van der Waals surface area contributed by atoms with Crippen LogP contribution in [0.15, 0.2) is 60.7 Å². The predicted octanol–water partition coefficient (Wildman–Crippen LogP) is 3.67. The van der Waals surface area contributed by atoms with Gasteiger partial charge in [0.15, 0.2) is 0 Å². The van der Waals surface area contributed by atoms with E-state index < -0.39 is 0 Å². The molecule has 0 saturated carbocycles. The van der Waals surface area contributed by atoms with E-state index in [9.17, 15) is 5.11 Å². The quantitative estimate of drug-likeness (QED) is 0.728. The van der Waals surface area contributed by atoms with Crippen molar-refractivity contribution in [3.05, 3.63) is 66.2 Å². The van der Waals surface area contributed by atoms with Gasteiger partial charge in [-0.25, -0.2) is 0 Å². The first-order valence-corrected chi connectivity index (χ1v) is 6.30. The highest BCUT2D eigenvalue weighted by Crippen LogP contribution is 2.35. The van der Waals surface area contributed by atoms with Gasteiger partial charge in [-0.2, -0.15) is 0 Å². The molecule has 0 radical (unpaired) electrons. The average Bonchev–Trinajstić information content (AvgIpc) is 2.47. The molecule has 0 aromatic heterocycles. The number of hydrogen-bond donors (Lipinski definition) is 2. The number of fused-ring (bicyclic) bond motifs is 1. The van der Waals surface area contributed by atoms with Gasteiger partial charge in [-0.05, 0) is 28.1 Å². The molecule has 0 heterocycles. The van der Waals surface area contributed by atoms with Gasteiger partial charge >= 0.3 is 0 Å². The smallest absolute Gasteiger partial charge is 0.123 e. The van der Waals surface area contributed by atoms with Crippen LogP contribution in [0.25, 0.3) is 21.9 Å². The Morgan fingerprint density at radius 2 is 1.58 bits per heavy atom. The molecule has 0 amide bonds. The lowest BCUT2D eigenvalue weighted by Crippen LogP contribution is -1.99. The van der Waals surface area contributed by atoms with Gasteiger partial charge < -0.3 is 10.8 Å². The number of hydrogen-bond acceptors (Lipinski definition) is 2. The molecular weight excluding hydrogens is 234 g/mol. The molecule has 19 heavy (non-hydrogen) atoms. The Morgan fingerprint density at radius 1 is 0.789 bits per heavy atom. The minimum absolute atomic E-state index is 0.304. The lowest BCUT2D eigenvalue weighted by molar-refractivity contribution is 0.481. The molecule has 0 bridgehead atoms.